The highest BCUT2D eigenvalue weighted by molar-refractivity contribution is 5.93. The highest BCUT2D eigenvalue weighted by Gasteiger charge is 2.26. The minimum absolute atomic E-state index is 0.0904. The molecular formula is C35H44F2N4O5. The van der Waals surface area contributed by atoms with Gasteiger partial charge in [0.05, 0.1) is 12.5 Å². The van der Waals surface area contributed by atoms with E-state index in [-0.39, 0.29) is 28.4 Å². The summed E-state index contributed by atoms with van der Waals surface area (Å²) in [5.41, 5.74) is 3.22. The Bertz CT molecular complexity index is 1580. The number of nitrogens with one attached hydrogen (secondary N) is 2. The second-order valence-electron chi connectivity index (χ2n) is 11.8. The Labute approximate surface area is 268 Å². The van der Waals surface area contributed by atoms with E-state index in [0.29, 0.717) is 47.8 Å². The highest BCUT2D eigenvalue weighted by Crippen LogP contribution is 2.33. The number of carbonyl (C=O) groups is 3. The monoisotopic (exact) mass is 638 g/mol. The summed E-state index contributed by atoms with van der Waals surface area (Å²) in [4.78, 5) is 48.5. The molecule has 11 heteroatoms. The van der Waals surface area contributed by atoms with E-state index in [9.17, 15) is 28.0 Å². The minimum Gasteiger partial charge on any atom is -0.481 e. The first-order chi connectivity index (χ1) is 21.9. The summed E-state index contributed by atoms with van der Waals surface area (Å²) in [5, 5.41) is 14.2. The lowest BCUT2D eigenvalue weighted by Gasteiger charge is -2.19. The first kappa shape index (κ1) is 36.1. The van der Waals surface area contributed by atoms with Crippen molar-refractivity contribution in [2.45, 2.75) is 78.4 Å². The molecule has 1 heterocycles. The zero-order valence-corrected chi connectivity index (χ0v) is 27.2. The average molecular weight is 639 g/mol. The number of amides is 2. The number of carbonyl (C=O) groups excluding carboxylic acids is 2. The SMILES string of the molecule is CCCCNC(=O)c1cccn(CCN(C)C2CC2)c1=O.Cc1cc(-c2c(C)cc(F)cc2C)cc(C(CC(=O)O)NC=O)c1F. The summed E-state index contributed by atoms with van der Waals surface area (Å²) < 4.78 is 29.8. The summed E-state index contributed by atoms with van der Waals surface area (Å²) in [7, 11) is 2.09. The van der Waals surface area contributed by atoms with Gasteiger partial charge in [0.25, 0.3) is 11.5 Å². The molecule has 1 unspecified atom stereocenters. The van der Waals surface area contributed by atoms with E-state index in [4.69, 9.17) is 5.11 Å². The Hall–Kier alpha value is -4.38. The maximum absolute atomic E-state index is 14.6. The van der Waals surface area contributed by atoms with E-state index in [2.05, 4.69) is 29.5 Å². The van der Waals surface area contributed by atoms with Crippen LogP contribution in [0, 0.1) is 32.4 Å². The van der Waals surface area contributed by atoms with Crippen molar-refractivity contribution in [3.8, 4) is 11.1 Å². The van der Waals surface area contributed by atoms with Crippen molar-refractivity contribution in [2.75, 3.05) is 20.1 Å². The van der Waals surface area contributed by atoms with Gasteiger partial charge < -0.3 is 25.2 Å². The van der Waals surface area contributed by atoms with Crippen molar-refractivity contribution in [2.24, 2.45) is 0 Å². The fraction of sp³-hybridized carbons (Fsp3) is 0.429. The molecule has 2 amide bonds. The number of rotatable bonds is 14. The molecule has 3 N–H and O–H groups in total. The number of halogens is 2. The van der Waals surface area contributed by atoms with Gasteiger partial charge in [-0.2, -0.15) is 0 Å². The molecule has 1 aliphatic rings. The Morgan fingerprint density at radius 1 is 1.11 bits per heavy atom. The molecule has 1 fully saturated rings. The van der Waals surface area contributed by atoms with Crippen molar-refractivity contribution in [1.82, 2.24) is 20.1 Å². The number of likely N-dealkylation sites (N-methyl/N-ethyl adjacent to an activating group) is 1. The fourth-order valence-electron chi connectivity index (χ4n) is 5.40. The average Bonchev–Trinajstić information content (AvgIpc) is 3.84. The third kappa shape index (κ3) is 9.81. The van der Waals surface area contributed by atoms with Gasteiger partial charge in [-0.15, -0.1) is 0 Å². The van der Waals surface area contributed by atoms with Crippen LogP contribution in [0.3, 0.4) is 0 Å². The molecule has 1 saturated carbocycles. The Morgan fingerprint density at radius 2 is 1.78 bits per heavy atom. The lowest BCUT2D eigenvalue weighted by atomic mass is 9.90. The number of pyridine rings is 1. The van der Waals surface area contributed by atoms with Crippen LogP contribution in [0.2, 0.25) is 0 Å². The van der Waals surface area contributed by atoms with E-state index in [1.165, 1.54) is 31.0 Å². The van der Waals surface area contributed by atoms with Crippen molar-refractivity contribution in [3.05, 3.63) is 92.4 Å². The van der Waals surface area contributed by atoms with Gasteiger partial charge in [-0.25, -0.2) is 8.78 Å². The molecular weight excluding hydrogens is 594 g/mol. The number of carboxylic acids is 1. The number of hydrogen-bond acceptors (Lipinski definition) is 5. The van der Waals surface area contributed by atoms with Gasteiger partial charge in [0.15, 0.2) is 0 Å². The minimum atomic E-state index is -1.16. The van der Waals surface area contributed by atoms with Gasteiger partial charge in [0, 0.05) is 37.4 Å². The third-order valence-corrected chi connectivity index (χ3v) is 8.04. The number of aliphatic carboxylic acids is 1. The van der Waals surface area contributed by atoms with E-state index in [1.54, 1.807) is 49.7 Å². The van der Waals surface area contributed by atoms with Crippen LogP contribution in [-0.2, 0) is 16.1 Å². The van der Waals surface area contributed by atoms with Gasteiger partial charge >= 0.3 is 5.97 Å². The van der Waals surface area contributed by atoms with Crippen LogP contribution >= 0.6 is 0 Å². The second-order valence-corrected chi connectivity index (χ2v) is 11.8. The van der Waals surface area contributed by atoms with Gasteiger partial charge in [-0.1, -0.05) is 13.3 Å². The van der Waals surface area contributed by atoms with Crippen molar-refractivity contribution >= 4 is 18.3 Å². The van der Waals surface area contributed by atoms with Gasteiger partial charge in [0.1, 0.15) is 17.2 Å². The number of hydrogen-bond donors (Lipinski definition) is 3. The van der Waals surface area contributed by atoms with Crippen molar-refractivity contribution in [3.63, 3.8) is 0 Å². The van der Waals surface area contributed by atoms with Crippen molar-refractivity contribution in [1.29, 1.82) is 0 Å². The van der Waals surface area contributed by atoms with E-state index >= 15 is 0 Å². The van der Waals surface area contributed by atoms with Crippen LogP contribution in [0.4, 0.5) is 8.78 Å². The largest absolute Gasteiger partial charge is 0.481 e. The van der Waals surface area contributed by atoms with Crippen LogP contribution < -0.4 is 16.2 Å². The van der Waals surface area contributed by atoms with E-state index in [0.717, 1.165) is 24.9 Å². The normalized spacial score (nSPS) is 13.0. The molecule has 1 atom stereocenters. The van der Waals surface area contributed by atoms with Crippen LogP contribution in [0.25, 0.3) is 11.1 Å². The summed E-state index contributed by atoms with van der Waals surface area (Å²) in [6.45, 7) is 9.22. The summed E-state index contributed by atoms with van der Waals surface area (Å²) in [6.07, 6.45) is 6.12. The topological polar surface area (TPSA) is 121 Å². The molecule has 9 nitrogen and oxygen atoms in total. The number of unbranched alkanes of at least 4 members (excludes halogenated alkanes) is 1. The number of aromatic nitrogens is 1. The molecule has 2 aromatic carbocycles. The molecule has 1 aromatic heterocycles. The van der Waals surface area contributed by atoms with Gasteiger partial charge in [-0.3, -0.25) is 19.2 Å². The quantitative estimate of drug-likeness (QED) is 0.163. The first-order valence-corrected chi connectivity index (χ1v) is 15.5. The Morgan fingerprint density at radius 3 is 2.37 bits per heavy atom. The molecule has 248 valence electrons. The molecule has 46 heavy (non-hydrogen) atoms. The smallest absolute Gasteiger partial charge is 0.305 e. The molecule has 0 saturated heterocycles. The zero-order valence-electron chi connectivity index (χ0n) is 27.2. The van der Waals surface area contributed by atoms with Crippen LogP contribution in [0.15, 0.2) is 47.4 Å². The standard InChI is InChI=1S/C19H19F2NO3.C16H25N3O2/c1-10-5-14(20)6-11(2)18(10)13-4-12(3)19(21)15(7-13)16(22-9-23)8-17(24)25;1-3-4-9-17-15(20)14-6-5-10-19(16(14)21)12-11-18(2)13-7-8-13/h4-7,9,16H,8H2,1-3H3,(H,22,23)(H,24,25);5-6,10,13H,3-4,7-9,11-12H2,1-2H3,(H,17,20). The summed E-state index contributed by atoms with van der Waals surface area (Å²) >= 11 is 0. The molecule has 0 radical (unpaired) electrons. The van der Waals surface area contributed by atoms with Gasteiger partial charge in [-0.05, 0) is 111 Å². The molecule has 0 aliphatic heterocycles. The summed E-state index contributed by atoms with van der Waals surface area (Å²) in [6, 6.07) is 8.98. The Kier molecular flexibility index (Phi) is 13.2. The number of aryl methyl sites for hydroxylation is 3. The summed E-state index contributed by atoms with van der Waals surface area (Å²) in [5.74, 6) is -2.35. The molecule has 1 aliphatic carbocycles. The molecule has 0 spiro atoms. The lowest BCUT2D eigenvalue weighted by Crippen LogP contribution is -2.35. The van der Waals surface area contributed by atoms with Crippen LogP contribution in [0.1, 0.15) is 77.7 Å². The Balaban J connectivity index is 0.000000254. The van der Waals surface area contributed by atoms with E-state index in [1.807, 2.05) is 0 Å². The third-order valence-electron chi connectivity index (χ3n) is 8.04. The van der Waals surface area contributed by atoms with E-state index < -0.39 is 24.2 Å². The number of nitrogens with zero attached hydrogens (tertiary/aromatic N) is 2. The molecule has 3 aromatic rings. The van der Waals surface area contributed by atoms with Crippen LogP contribution in [-0.4, -0.2) is 59.0 Å². The first-order valence-electron chi connectivity index (χ1n) is 15.5. The molecule has 0 bridgehead atoms. The van der Waals surface area contributed by atoms with Gasteiger partial charge in [0.2, 0.25) is 6.41 Å². The number of carboxylic acid groups (broad SMARTS) is 1. The predicted octanol–water partition coefficient (Wildman–Crippen LogP) is 5.29. The zero-order chi connectivity index (χ0) is 34.0. The highest BCUT2D eigenvalue weighted by atomic mass is 19.1. The van der Waals surface area contributed by atoms with Crippen molar-refractivity contribution < 1.29 is 28.3 Å². The molecule has 4 rings (SSSR count). The fourth-order valence-corrected chi connectivity index (χ4v) is 5.40. The predicted molar refractivity (Wildman–Crippen MR) is 174 cm³/mol. The maximum Gasteiger partial charge on any atom is 0.305 e. The maximum atomic E-state index is 14.6. The lowest BCUT2D eigenvalue weighted by molar-refractivity contribution is -0.137. The number of benzene rings is 2. The van der Waals surface area contributed by atoms with Crippen LogP contribution in [0.5, 0.6) is 0 Å². The second kappa shape index (κ2) is 16.8.